The molecule has 1 N–H and O–H groups in total. The lowest BCUT2D eigenvalue weighted by Crippen LogP contribution is -2.24. The molecule has 2 aromatic heterocycles. The lowest BCUT2D eigenvalue weighted by molar-refractivity contribution is 0.621. The van der Waals surface area contributed by atoms with Crippen molar-refractivity contribution in [2.24, 2.45) is 0 Å². The third-order valence-corrected chi connectivity index (χ3v) is 8.61. The van der Waals surface area contributed by atoms with Crippen LogP contribution in [0.15, 0.2) is 132 Å². The van der Waals surface area contributed by atoms with Crippen molar-refractivity contribution in [3.63, 3.8) is 0 Å². The molecular weight excluding hydrogens is 502 g/mol. The molecule has 0 amide bonds. The lowest BCUT2D eigenvalue weighted by atomic mass is 9.86. The minimum atomic E-state index is 0.164. The van der Waals surface area contributed by atoms with Crippen LogP contribution in [0, 0.1) is 0 Å². The van der Waals surface area contributed by atoms with Crippen LogP contribution in [-0.2, 0) is 0 Å². The van der Waals surface area contributed by atoms with E-state index in [1.807, 2.05) is 36.4 Å². The fourth-order valence-corrected chi connectivity index (χ4v) is 6.77. The first-order chi connectivity index (χ1) is 20.3. The number of nitrogens with zero attached hydrogens (tertiary/aromatic N) is 2. The van der Waals surface area contributed by atoms with Crippen LogP contribution in [0.5, 0.6) is 0 Å². The second-order valence-electron chi connectivity index (χ2n) is 10.8. The number of hydrogen-bond acceptors (Lipinski definition) is 3. The van der Waals surface area contributed by atoms with Crippen molar-refractivity contribution in [1.82, 2.24) is 9.97 Å². The molecule has 9 rings (SSSR count). The maximum Gasteiger partial charge on any atom is 0.227 e. The Hall–Kier alpha value is -5.35. The molecule has 0 saturated carbocycles. The van der Waals surface area contributed by atoms with Gasteiger partial charge in [-0.15, -0.1) is 0 Å². The van der Waals surface area contributed by atoms with Gasteiger partial charge in [0.15, 0.2) is 5.58 Å². The van der Waals surface area contributed by atoms with E-state index in [1.54, 1.807) is 0 Å². The van der Waals surface area contributed by atoms with Crippen LogP contribution >= 0.6 is 0 Å². The number of para-hydroxylation sites is 3. The molecule has 5 aromatic carbocycles. The number of benzene rings is 5. The van der Waals surface area contributed by atoms with Gasteiger partial charge in [-0.1, -0.05) is 91.0 Å². The monoisotopic (exact) mass is 527 g/mol. The summed E-state index contributed by atoms with van der Waals surface area (Å²) in [7, 11) is 0. The number of anilines is 2. The molecule has 2 atom stereocenters. The smallest absolute Gasteiger partial charge is 0.227 e. The Morgan fingerprint density at radius 1 is 0.707 bits per heavy atom. The molecule has 1 aliphatic heterocycles. The summed E-state index contributed by atoms with van der Waals surface area (Å²) >= 11 is 0. The Bertz CT molecular complexity index is 2120. The first-order valence-electron chi connectivity index (χ1n) is 14.1. The number of fused-ring (bicyclic) bond motifs is 8. The van der Waals surface area contributed by atoms with Gasteiger partial charge in [0.05, 0.1) is 6.04 Å². The van der Waals surface area contributed by atoms with Gasteiger partial charge in [0, 0.05) is 50.6 Å². The van der Waals surface area contributed by atoms with E-state index in [0.717, 1.165) is 27.8 Å². The fraction of sp³-hybridized carbons (Fsp3) is 0.0541. The summed E-state index contributed by atoms with van der Waals surface area (Å²) in [5.74, 6) is 0.926. The zero-order chi connectivity index (χ0) is 26.9. The van der Waals surface area contributed by atoms with Crippen LogP contribution in [0.4, 0.5) is 11.4 Å². The van der Waals surface area contributed by atoms with Gasteiger partial charge in [0.25, 0.3) is 0 Å². The average molecular weight is 528 g/mol. The minimum Gasteiger partial charge on any atom is -0.435 e. The first kappa shape index (κ1) is 22.5. The summed E-state index contributed by atoms with van der Waals surface area (Å²) in [5, 5.41) is 1.28. The maximum atomic E-state index is 6.32. The van der Waals surface area contributed by atoms with Crippen molar-refractivity contribution in [2.75, 3.05) is 4.90 Å². The molecule has 1 aliphatic carbocycles. The Balaban J connectivity index is 1.15. The molecule has 4 nitrogen and oxygen atoms in total. The minimum absolute atomic E-state index is 0.164. The number of oxazole rings is 1. The highest BCUT2D eigenvalue weighted by atomic mass is 16.3. The molecule has 7 aromatic rings. The second kappa shape index (κ2) is 8.57. The van der Waals surface area contributed by atoms with Crippen molar-refractivity contribution in [3.8, 4) is 22.6 Å². The zero-order valence-electron chi connectivity index (χ0n) is 22.2. The number of rotatable bonds is 3. The van der Waals surface area contributed by atoms with Crippen LogP contribution in [0.3, 0.4) is 0 Å². The van der Waals surface area contributed by atoms with Crippen molar-refractivity contribution >= 4 is 39.5 Å². The van der Waals surface area contributed by atoms with Crippen molar-refractivity contribution < 1.29 is 4.42 Å². The van der Waals surface area contributed by atoms with Gasteiger partial charge in [-0.3, -0.25) is 0 Å². The topological polar surface area (TPSA) is 45.1 Å². The summed E-state index contributed by atoms with van der Waals surface area (Å²) < 4.78 is 6.32. The highest BCUT2D eigenvalue weighted by molar-refractivity contribution is 5.94. The molecule has 3 heterocycles. The number of nitrogens with one attached hydrogen (secondary N) is 1. The number of H-pyrrole nitrogens is 1. The zero-order valence-corrected chi connectivity index (χ0v) is 22.2. The molecule has 0 saturated heterocycles. The molecular formula is C37H25N3O. The molecule has 41 heavy (non-hydrogen) atoms. The molecule has 0 spiro atoms. The normalized spacial score (nSPS) is 17.1. The van der Waals surface area contributed by atoms with Crippen LogP contribution < -0.4 is 4.90 Å². The van der Waals surface area contributed by atoms with Gasteiger partial charge in [-0.25, -0.2) is 4.98 Å². The molecule has 0 bridgehead atoms. The first-order valence-corrected chi connectivity index (χ1v) is 14.1. The lowest BCUT2D eigenvalue weighted by Gasteiger charge is -2.31. The quantitative estimate of drug-likeness (QED) is 0.249. The number of aromatic amines is 1. The summed E-state index contributed by atoms with van der Waals surface area (Å²) in [6, 6.07) is 42.7. The maximum absolute atomic E-state index is 6.32. The van der Waals surface area contributed by atoms with Gasteiger partial charge >= 0.3 is 0 Å². The predicted molar refractivity (Wildman–Crippen MR) is 166 cm³/mol. The molecule has 194 valence electrons. The Kier molecular flexibility index (Phi) is 4.70. The summed E-state index contributed by atoms with van der Waals surface area (Å²) in [4.78, 5) is 11.1. The number of aromatic nitrogens is 2. The van der Waals surface area contributed by atoms with E-state index in [4.69, 9.17) is 9.40 Å². The van der Waals surface area contributed by atoms with Gasteiger partial charge in [0.1, 0.15) is 5.52 Å². The molecule has 0 fully saturated rings. The van der Waals surface area contributed by atoms with E-state index in [9.17, 15) is 0 Å². The van der Waals surface area contributed by atoms with Gasteiger partial charge in [-0.2, -0.15) is 0 Å². The molecule has 0 radical (unpaired) electrons. The summed E-state index contributed by atoms with van der Waals surface area (Å²) in [5.41, 5.74) is 12.3. The molecule has 2 aliphatic rings. The van der Waals surface area contributed by atoms with E-state index in [2.05, 4.69) is 107 Å². The van der Waals surface area contributed by atoms with Crippen LogP contribution in [0.25, 0.3) is 50.7 Å². The van der Waals surface area contributed by atoms with Gasteiger partial charge in [-0.05, 0) is 53.6 Å². The van der Waals surface area contributed by atoms with Crippen molar-refractivity contribution in [2.45, 2.75) is 12.0 Å². The van der Waals surface area contributed by atoms with E-state index in [-0.39, 0.29) is 12.0 Å². The largest absolute Gasteiger partial charge is 0.435 e. The van der Waals surface area contributed by atoms with E-state index in [1.165, 1.54) is 39.1 Å². The Labute approximate surface area is 237 Å². The van der Waals surface area contributed by atoms with Crippen LogP contribution in [-0.4, -0.2) is 9.97 Å². The summed E-state index contributed by atoms with van der Waals surface area (Å²) in [6.07, 6.45) is 4.69. The molecule has 4 heteroatoms. The van der Waals surface area contributed by atoms with Crippen molar-refractivity contribution in [1.29, 1.82) is 0 Å². The van der Waals surface area contributed by atoms with Crippen LogP contribution in [0.2, 0.25) is 0 Å². The summed E-state index contributed by atoms with van der Waals surface area (Å²) in [6.45, 7) is 0. The SMILES string of the molecule is C1=CC2c3ccccc3N(c3ccc(-c4cccc5nc(-c6ccccc6)oc45)cc3)C2c2[nH]c3ccccc3c21. The third kappa shape index (κ3) is 3.31. The predicted octanol–water partition coefficient (Wildman–Crippen LogP) is 9.65. The third-order valence-electron chi connectivity index (χ3n) is 8.61. The second-order valence-corrected chi connectivity index (χ2v) is 10.8. The Morgan fingerprint density at radius 2 is 1.51 bits per heavy atom. The van der Waals surface area contributed by atoms with E-state index >= 15 is 0 Å². The number of hydrogen-bond donors (Lipinski definition) is 1. The standard InChI is InChI=1S/C37H25N3O/c1-2-9-24(10-3-1)37-39-32-15-8-13-26(36(32)41-37)23-17-19-25(20-18-23)40-33-16-7-5-12-28(33)30-22-21-29-27-11-4-6-14-31(27)38-34(29)35(30)40/h1-22,30,35,38H. The van der Waals surface area contributed by atoms with Crippen molar-refractivity contribution in [3.05, 3.63) is 144 Å². The molecule has 2 unspecified atom stereocenters. The van der Waals surface area contributed by atoms with E-state index in [0.29, 0.717) is 5.89 Å². The Morgan fingerprint density at radius 3 is 2.41 bits per heavy atom. The highest BCUT2D eigenvalue weighted by Gasteiger charge is 2.42. The van der Waals surface area contributed by atoms with E-state index < -0.39 is 0 Å². The average Bonchev–Trinajstić information content (AvgIpc) is 3.73. The highest BCUT2D eigenvalue weighted by Crippen LogP contribution is 2.56. The van der Waals surface area contributed by atoms with Gasteiger partial charge in [0.2, 0.25) is 5.89 Å². The van der Waals surface area contributed by atoms with Gasteiger partial charge < -0.3 is 14.3 Å². The fourth-order valence-electron chi connectivity index (χ4n) is 6.77. The van der Waals surface area contributed by atoms with Crippen LogP contribution in [0.1, 0.15) is 28.8 Å².